The molecule has 112 valence electrons. The van der Waals surface area contributed by atoms with Crippen LogP contribution in [0.5, 0.6) is 0 Å². The van der Waals surface area contributed by atoms with Gasteiger partial charge >= 0.3 is 29.4 Å². The predicted octanol–water partition coefficient (Wildman–Crippen LogP) is 2.10. The van der Waals surface area contributed by atoms with Gasteiger partial charge in [-0.1, -0.05) is 0 Å². The molecular weight excluding hydrogens is 317 g/mol. The van der Waals surface area contributed by atoms with Gasteiger partial charge in [-0.2, -0.15) is 30.7 Å². The molecule has 0 atom stereocenters. The molecule has 0 N–H and O–H groups in total. The molecule has 0 saturated heterocycles. The zero-order valence-corrected chi connectivity index (χ0v) is 9.33. The van der Waals surface area contributed by atoms with Crippen LogP contribution in [-0.2, 0) is 19.1 Å². The molecule has 4 nitrogen and oxygen atoms in total. The van der Waals surface area contributed by atoms with Gasteiger partial charge in [-0.25, -0.2) is 9.59 Å². The van der Waals surface area contributed by atoms with Crippen LogP contribution in [0, 0.1) is 0 Å². The standard InChI is InChI=1S/C7H4ClF7O4/c8-6(11,12)4(17)19-2-1-18-3(16)5(9,10)7(13,14)15/h1-2H2. The number of hydrogen-bond donors (Lipinski definition) is 0. The number of esters is 2. The number of alkyl halides is 8. The van der Waals surface area contributed by atoms with E-state index in [1.54, 1.807) is 0 Å². The summed E-state index contributed by atoms with van der Waals surface area (Å²) >= 11 is 4.17. The Morgan fingerprint density at radius 3 is 1.53 bits per heavy atom. The van der Waals surface area contributed by atoms with E-state index in [4.69, 9.17) is 0 Å². The van der Waals surface area contributed by atoms with Crippen LogP contribution in [0.4, 0.5) is 30.7 Å². The molecule has 0 aliphatic carbocycles. The van der Waals surface area contributed by atoms with Crippen molar-refractivity contribution in [2.45, 2.75) is 17.5 Å². The van der Waals surface area contributed by atoms with Crippen LogP contribution >= 0.6 is 11.6 Å². The second kappa shape index (κ2) is 5.80. The van der Waals surface area contributed by atoms with E-state index in [1.807, 2.05) is 0 Å². The summed E-state index contributed by atoms with van der Waals surface area (Å²) in [5.74, 6) is -11.0. The Hall–Kier alpha value is -1.26. The van der Waals surface area contributed by atoms with Gasteiger partial charge in [0.25, 0.3) is 0 Å². The quantitative estimate of drug-likeness (QED) is 0.337. The predicted molar refractivity (Wildman–Crippen MR) is 43.7 cm³/mol. The minimum Gasteiger partial charge on any atom is -0.457 e. The van der Waals surface area contributed by atoms with Crippen LogP contribution in [0.3, 0.4) is 0 Å². The average molecular weight is 321 g/mol. The van der Waals surface area contributed by atoms with Crippen LogP contribution in [0.25, 0.3) is 0 Å². The molecule has 0 unspecified atom stereocenters. The largest absolute Gasteiger partial charge is 0.465 e. The van der Waals surface area contributed by atoms with E-state index in [0.29, 0.717) is 0 Å². The highest BCUT2D eigenvalue weighted by Gasteiger charge is 2.64. The monoisotopic (exact) mass is 320 g/mol. The van der Waals surface area contributed by atoms with E-state index >= 15 is 0 Å². The molecule has 19 heavy (non-hydrogen) atoms. The fourth-order valence-electron chi connectivity index (χ4n) is 0.557. The lowest BCUT2D eigenvalue weighted by molar-refractivity contribution is -0.280. The van der Waals surface area contributed by atoms with Crippen molar-refractivity contribution >= 4 is 23.5 Å². The third-order valence-corrected chi connectivity index (χ3v) is 1.55. The molecule has 0 saturated carbocycles. The molecule has 0 fully saturated rings. The minimum atomic E-state index is -6.16. The summed E-state index contributed by atoms with van der Waals surface area (Å²) in [5, 5.41) is -4.39. The first-order chi connectivity index (χ1) is 8.30. The van der Waals surface area contributed by atoms with E-state index < -0.39 is 42.6 Å². The Morgan fingerprint density at radius 1 is 0.842 bits per heavy atom. The lowest BCUT2D eigenvalue weighted by Gasteiger charge is -2.17. The highest BCUT2D eigenvalue weighted by atomic mass is 35.5. The fourth-order valence-corrected chi connectivity index (χ4v) is 0.611. The lowest BCUT2D eigenvalue weighted by Crippen LogP contribution is -2.45. The van der Waals surface area contributed by atoms with Crippen molar-refractivity contribution in [3.05, 3.63) is 0 Å². The molecule has 0 spiro atoms. The molecule has 0 heterocycles. The molecule has 0 bridgehead atoms. The van der Waals surface area contributed by atoms with Gasteiger partial charge in [-0.3, -0.25) is 0 Å². The van der Waals surface area contributed by atoms with Crippen molar-refractivity contribution in [1.82, 2.24) is 0 Å². The first kappa shape index (κ1) is 17.7. The fraction of sp³-hybridized carbons (Fsp3) is 0.714. The summed E-state index contributed by atoms with van der Waals surface area (Å²) in [6.07, 6.45) is -6.16. The maximum absolute atomic E-state index is 12.3. The molecule has 0 aromatic carbocycles. The number of rotatable bonds is 5. The summed E-state index contributed by atoms with van der Waals surface area (Å²) in [7, 11) is 0. The summed E-state index contributed by atoms with van der Waals surface area (Å²) in [4.78, 5) is 20.6. The molecule has 0 aromatic rings. The van der Waals surface area contributed by atoms with Crippen molar-refractivity contribution in [3.63, 3.8) is 0 Å². The third kappa shape index (κ3) is 5.09. The van der Waals surface area contributed by atoms with E-state index in [0.717, 1.165) is 0 Å². The highest BCUT2D eigenvalue weighted by Crippen LogP contribution is 2.36. The van der Waals surface area contributed by atoms with Gasteiger partial charge in [0.2, 0.25) is 0 Å². The van der Waals surface area contributed by atoms with Crippen LogP contribution in [0.1, 0.15) is 0 Å². The number of carbonyl (C=O) groups is 2. The van der Waals surface area contributed by atoms with E-state index in [-0.39, 0.29) is 0 Å². The van der Waals surface area contributed by atoms with Crippen molar-refractivity contribution in [3.8, 4) is 0 Å². The van der Waals surface area contributed by atoms with Crippen LogP contribution < -0.4 is 0 Å². The molecule has 0 aromatic heterocycles. The Labute approximate surface area is 105 Å². The van der Waals surface area contributed by atoms with Crippen molar-refractivity contribution in [2.24, 2.45) is 0 Å². The first-order valence-electron chi connectivity index (χ1n) is 4.16. The first-order valence-corrected chi connectivity index (χ1v) is 4.53. The van der Waals surface area contributed by atoms with Gasteiger partial charge in [0.05, 0.1) is 0 Å². The molecule has 0 aliphatic heterocycles. The second-order valence-electron chi connectivity index (χ2n) is 2.84. The van der Waals surface area contributed by atoms with E-state index in [2.05, 4.69) is 21.1 Å². The molecule has 12 heteroatoms. The van der Waals surface area contributed by atoms with Gasteiger partial charge in [-0.15, -0.1) is 0 Å². The van der Waals surface area contributed by atoms with Gasteiger partial charge in [0.1, 0.15) is 13.2 Å². The van der Waals surface area contributed by atoms with Crippen molar-refractivity contribution < 1.29 is 49.8 Å². The SMILES string of the molecule is O=C(OCCOC(=O)C(F)(F)C(F)(F)F)C(F)(F)Cl. The molecule has 0 amide bonds. The summed E-state index contributed by atoms with van der Waals surface area (Å²) in [5.41, 5.74) is 0. The van der Waals surface area contributed by atoms with E-state index in [1.165, 1.54) is 0 Å². The smallest absolute Gasteiger partial charge is 0.457 e. The van der Waals surface area contributed by atoms with Gasteiger partial charge in [0, 0.05) is 0 Å². The molecule has 0 radical (unpaired) electrons. The van der Waals surface area contributed by atoms with Crippen molar-refractivity contribution in [1.29, 1.82) is 0 Å². The third-order valence-electron chi connectivity index (χ3n) is 1.39. The van der Waals surface area contributed by atoms with Crippen LogP contribution in [-0.4, -0.2) is 42.6 Å². The Kier molecular flexibility index (Phi) is 5.42. The Balaban J connectivity index is 4.18. The van der Waals surface area contributed by atoms with E-state index in [9.17, 15) is 40.3 Å². The van der Waals surface area contributed by atoms with Gasteiger partial charge < -0.3 is 9.47 Å². The maximum atomic E-state index is 12.3. The zero-order chi connectivity index (χ0) is 15.5. The lowest BCUT2D eigenvalue weighted by atomic mass is 10.3. The van der Waals surface area contributed by atoms with Gasteiger partial charge in [-0.05, 0) is 11.6 Å². The number of carbonyl (C=O) groups excluding carboxylic acids is 2. The summed E-state index contributed by atoms with van der Waals surface area (Å²) in [6.45, 7) is -2.44. The highest BCUT2D eigenvalue weighted by molar-refractivity contribution is 6.31. The minimum absolute atomic E-state index is 1.17. The second-order valence-corrected chi connectivity index (χ2v) is 3.32. The van der Waals surface area contributed by atoms with Gasteiger partial charge in [0.15, 0.2) is 0 Å². The Morgan fingerprint density at radius 2 is 1.21 bits per heavy atom. The topological polar surface area (TPSA) is 52.6 Å². The zero-order valence-electron chi connectivity index (χ0n) is 8.57. The number of halogens is 8. The average Bonchev–Trinajstić information content (AvgIpc) is 2.20. The molecule has 0 rings (SSSR count). The number of ether oxygens (including phenoxy) is 2. The summed E-state index contributed by atoms with van der Waals surface area (Å²) < 4.78 is 90.4. The molecule has 0 aliphatic rings. The normalized spacial score (nSPS) is 13.1. The maximum Gasteiger partial charge on any atom is 0.465 e. The van der Waals surface area contributed by atoms with Crippen LogP contribution in [0.2, 0.25) is 0 Å². The summed E-state index contributed by atoms with van der Waals surface area (Å²) in [6, 6.07) is 0. The Bertz CT molecular complexity index is 348. The molecular formula is C7H4ClF7O4. The number of hydrogen-bond acceptors (Lipinski definition) is 4. The van der Waals surface area contributed by atoms with Crippen LogP contribution in [0.15, 0.2) is 0 Å². The van der Waals surface area contributed by atoms with Crippen molar-refractivity contribution in [2.75, 3.05) is 13.2 Å².